The maximum absolute atomic E-state index is 6.25. The zero-order valence-corrected chi connectivity index (χ0v) is 13.1. The van der Waals surface area contributed by atoms with Crippen molar-refractivity contribution in [3.8, 4) is 5.75 Å². The van der Waals surface area contributed by atoms with Crippen LogP contribution in [0.4, 0.5) is 0 Å². The van der Waals surface area contributed by atoms with Gasteiger partial charge in [0, 0.05) is 15.9 Å². The Morgan fingerprint density at radius 1 is 1.33 bits per heavy atom. The minimum absolute atomic E-state index is 0.378. The van der Waals surface area contributed by atoms with Crippen molar-refractivity contribution >= 4 is 27.5 Å². The smallest absolute Gasteiger partial charge is 0.123 e. The predicted molar refractivity (Wildman–Crippen MR) is 80.7 cm³/mol. The van der Waals surface area contributed by atoms with Crippen LogP contribution < -0.4 is 4.74 Å². The van der Waals surface area contributed by atoms with E-state index in [9.17, 15) is 0 Å². The molecule has 0 spiro atoms. The SMILES string of the molecule is CCC1CCCCC1Oc1ccc(Cl)cc1CBr. The highest BCUT2D eigenvalue weighted by atomic mass is 79.9. The largest absolute Gasteiger partial charge is 0.490 e. The Morgan fingerprint density at radius 3 is 2.83 bits per heavy atom. The van der Waals surface area contributed by atoms with Crippen molar-refractivity contribution in [1.82, 2.24) is 0 Å². The molecule has 1 fully saturated rings. The van der Waals surface area contributed by atoms with Crippen molar-refractivity contribution in [3.05, 3.63) is 28.8 Å². The predicted octanol–water partition coefficient (Wildman–Crippen LogP) is 5.58. The van der Waals surface area contributed by atoms with Gasteiger partial charge in [-0.3, -0.25) is 0 Å². The molecule has 0 bridgehead atoms. The molecular formula is C15H20BrClO. The van der Waals surface area contributed by atoms with E-state index in [0.717, 1.165) is 21.7 Å². The molecule has 0 saturated heterocycles. The van der Waals surface area contributed by atoms with E-state index in [1.165, 1.54) is 32.1 Å². The Morgan fingerprint density at radius 2 is 2.11 bits per heavy atom. The first-order chi connectivity index (χ1) is 8.74. The Kier molecular flexibility index (Phi) is 5.38. The minimum atomic E-state index is 0.378. The fourth-order valence-corrected chi connectivity index (χ4v) is 3.36. The average Bonchev–Trinajstić information content (AvgIpc) is 2.41. The molecule has 2 rings (SSSR count). The van der Waals surface area contributed by atoms with E-state index in [-0.39, 0.29) is 0 Å². The first-order valence-corrected chi connectivity index (χ1v) is 8.25. The number of alkyl halides is 1. The topological polar surface area (TPSA) is 9.23 Å². The highest BCUT2D eigenvalue weighted by Gasteiger charge is 2.25. The summed E-state index contributed by atoms with van der Waals surface area (Å²) in [7, 11) is 0. The molecule has 100 valence electrons. The van der Waals surface area contributed by atoms with Gasteiger partial charge in [0.15, 0.2) is 0 Å². The molecule has 1 aliphatic rings. The Hall–Kier alpha value is -0.210. The second-order valence-electron chi connectivity index (χ2n) is 4.99. The molecule has 2 atom stereocenters. The molecular weight excluding hydrogens is 312 g/mol. The van der Waals surface area contributed by atoms with E-state index >= 15 is 0 Å². The van der Waals surface area contributed by atoms with Gasteiger partial charge in [-0.15, -0.1) is 0 Å². The third kappa shape index (κ3) is 3.42. The van der Waals surface area contributed by atoms with Gasteiger partial charge in [0.2, 0.25) is 0 Å². The van der Waals surface area contributed by atoms with E-state index < -0.39 is 0 Å². The van der Waals surface area contributed by atoms with Crippen molar-refractivity contribution in [2.24, 2.45) is 5.92 Å². The molecule has 1 saturated carbocycles. The summed E-state index contributed by atoms with van der Waals surface area (Å²) in [5.41, 5.74) is 1.14. The van der Waals surface area contributed by atoms with Crippen molar-refractivity contribution in [3.63, 3.8) is 0 Å². The third-order valence-electron chi connectivity index (χ3n) is 3.81. The number of benzene rings is 1. The van der Waals surface area contributed by atoms with Crippen LogP contribution in [0.15, 0.2) is 18.2 Å². The summed E-state index contributed by atoms with van der Waals surface area (Å²) in [6, 6.07) is 5.89. The number of ether oxygens (including phenoxy) is 1. The molecule has 0 N–H and O–H groups in total. The lowest BCUT2D eigenvalue weighted by Gasteiger charge is -2.31. The van der Waals surface area contributed by atoms with Crippen LogP contribution in [0.25, 0.3) is 0 Å². The van der Waals surface area contributed by atoms with Crippen LogP contribution in [-0.2, 0) is 5.33 Å². The highest BCUT2D eigenvalue weighted by molar-refractivity contribution is 9.08. The Labute approximate surface area is 123 Å². The molecule has 0 amide bonds. The Bertz CT molecular complexity index is 394. The quantitative estimate of drug-likeness (QED) is 0.654. The van der Waals surface area contributed by atoms with Crippen LogP contribution in [0.2, 0.25) is 5.02 Å². The number of hydrogen-bond donors (Lipinski definition) is 0. The number of rotatable bonds is 4. The van der Waals surface area contributed by atoms with E-state index in [1.54, 1.807) is 0 Å². The van der Waals surface area contributed by atoms with Crippen molar-refractivity contribution in [2.45, 2.75) is 50.5 Å². The zero-order valence-electron chi connectivity index (χ0n) is 10.8. The summed E-state index contributed by atoms with van der Waals surface area (Å²) in [5.74, 6) is 1.69. The zero-order chi connectivity index (χ0) is 13.0. The van der Waals surface area contributed by atoms with E-state index in [1.807, 2.05) is 18.2 Å². The molecule has 3 heteroatoms. The molecule has 2 unspecified atom stereocenters. The lowest BCUT2D eigenvalue weighted by Crippen LogP contribution is -2.30. The van der Waals surface area contributed by atoms with Gasteiger partial charge in [0.1, 0.15) is 11.9 Å². The van der Waals surface area contributed by atoms with E-state index in [4.69, 9.17) is 16.3 Å². The van der Waals surface area contributed by atoms with Gasteiger partial charge < -0.3 is 4.74 Å². The summed E-state index contributed by atoms with van der Waals surface area (Å²) in [6.45, 7) is 2.26. The normalized spacial score (nSPS) is 23.9. The van der Waals surface area contributed by atoms with Crippen LogP contribution in [0.1, 0.15) is 44.6 Å². The van der Waals surface area contributed by atoms with Gasteiger partial charge >= 0.3 is 0 Å². The Balaban J connectivity index is 2.12. The standard InChI is InChI=1S/C15H20BrClO/c1-2-11-5-3-4-6-14(11)18-15-8-7-13(17)9-12(15)10-16/h7-9,11,14H,2-6,10H2,1H3. The van der Waals surface area contributed by atoms with E-state index in [0.29, 0.717) is 12.0 Å². The summed E-state index contributed by atoms with van der Waals surface area (Å²) in [4.78, 5) is 0. The van der Waals surface area contributed by atoms with Crippen LogP contribution >= 0.6 is 27.5 Å². The maximum atomic E-state index is 6.25. The second-order valence-corrected chi connectivity index (χ2v) is 5.99. The monoisotopic (exact) mass is 330 g/mol. The summed E-state index contributed by atoms with van der Waals surface area (Å²) in [6.07, 6.45) is 6.72. The molecule has 18 heavy (non-hydrogen) atoms. The van der Waals surface area contributed by atoms with Crippen molar-refractivity contribution in [2.75, 3.05) is 0 Å². The molecule has 0 aliphatic heterocycles. The fraction of sp³-hybridized carbons (Fsp3) is 0.600. The highest BCUT2D eigenvalue weighted by Crippen LogP contribution is 2.33. The van der Waals surface area contributed by atoms with Crippen LogP contribution in [0, 0.1) is 5.92 Å². The molecule has 1 nitrogen and oxygen atoms in total. The summed E-state index contributed by atoms with van der Waals surface area (Å²) in [5, 5.41) is 1.55. The number of halogens is 2. The molecule has 0 aromatic heterocycles. The minimum Gasteiger partial charge on any atom is -0.490 e. The van der Waals surface area contributed by atoms with Gasteiger partial charge in [0.25, 0.3) is 0 Å². The molecule has 0 heterocycles. The van der Waals surface area contributed by atoms with Crippen molar-refractivity contribution in [1.29, 1.82) is 0 Å². The van der Waals surface area contributed by atoms with Gasteiger partial charge in [-0.05, 0) is 49.8 Å². The van der Waals surface area contributed by atoms with Crippen LogP contribution in [-0.4, -0.2) is 6.10 Å². The van der Waals surface area contributed by atoms with Gasteiger partial charge in [0.05, 0.1) is 0 Å². The maximum Gasteiger partial charge on any atom is 0.123 e. The number of hydrogen-bond acceptors (Lipinski definition) is 1. The van der Waals surface area contributed by atoms with Gasteiger partial charge in [-0.2, -0.15) is 0 Å². The molecule has 1 aromatic carbocycles. The average molecular weight is 332 g/mol. The third-order valence-corrected chi connectivity index (χ3v) is 4.65. The lowest BCUT2D eigenvalue weighted by atomic mass is 9.84. The van der Waals surface area contributed by atoms with Gasteiger partial charge in [-0.25, -0.2) is 0 Å². The first-order valence-electron chi connectivity index (χ1n) is 6.75. The first kappa shape index (κ1) is 14.2. The van der Waals surface area contributed by atoms with Gasteiger partial charge in [-0.1, -0.05) is 40.9 Å². The summed E-state index contributed by atoms with van der Waals surface area (Å²) >= 11 is 9.52. The molecule has 1 aliphatic carbocycles. The summed E-state index contributed by atoms with van der Waals surface area (Å²) < 4.78 is 6.25. The lowest BCUT2D eigenvalue weighted by molar-refractivity contribution is 0.0896. The molecule has 1 aromatic rings. The van der Waals surface area contributed by atoms with E-state index in [2.05, 4.69) is 22.9 Å². The fourth-order valence-electron chi connectivity index (χ4n) is 2.73. The van der Waals surface area contributed by atoms with Crippen LogP contribution in [0.5, 0.6) is 5.75 Å². The molecule has 0 radical (unpaired) electrons. The second kappa shape index (κ2) is 6.81. The van der Waals surface area contributed by atoms with Crippen molar-refractivity contribution < 1.29 is 4.74 Å². The van der Waals surface area contributed by atoms with Crippen LogP contribution in [0.3, 0.4) is 0 Å².